The van der Waals surface area contributed by atoms with Gasteiger partial charge in [0.25, 0.3) is 0 Å². The van der Waals surface area contributed by atoms with Crippen LogP contribution in [-0.4, -0.2) is 43.5 Å². The predicted molar refractivity (Wildman–Crippen MR) is 128 cm³/mol. The topological polar surface area (TPSA) is 86.1 Å². The highest BCUT2D eigenvalue weighted by molar-refractivity contribution is 6.03. The van der Waals surface area contributed by atoms with Crippen LogP contribution in [0.3, 0.4) is 0 Å². The highest BCUT2D eigenvalue weighted by atomic mass is 16.5. The van der Waals surface area contributed by atoms with Gasteiger partial charge in [-0.05, 0) is 51.9 Å². The summed E-state index contributed by atoms with van der Waals surface area (Å²) >= 11 is 0. The molecule has 0 spiro atoms. The fraction of sp³-hybridized carbons (Fsp3) is 0.519. The Morgan fingerprint density at radius 2 is 1.76 bits per heavy atom. The average molecular weight is 468 g/mol. The van der Waals surface area contributed by atoms with E-state index in [1.165, 1.54) is 6.92 Å². The van der Waals surface area contributed by atoms with Crippen molar-refractivity contribution in [1.82, 2.24) is 0 Å². The number of furan rings is 1. The molecular weight excluding hydrogens is 434 g/mol. The molecule has 2 heterocycles. The molecule has 7 heteroatoms. The Morgan fingerprint density at radius 1 is 1.06 bits per heavy atom. The first-order valence-electron chi connectivity index (χ1n) is 12.2. The minimum absolute atomic E-state index is 0.0132. The van der Waals surface area contributed by atoms with Crippen molar-refractivity contribution in [3.8, 4) is 11.3 Å². The minimum Gasteiger partial charge on any atom is -0.462 e. The van der Waals surface area contributed by atoms with Crippen LogP contribution in [0, 0.1) is 11.8 Å². The first kappa shape index (κ1) is 24.2. The zero-order valence-electron chi connectivity index (χ0n) is 20.2. The number of Topliss-reactive ketones (excluding diaryl/α,β-unsaturated/α-hetero) is 1. The molecule has 1 aromatic heterocycles. The van der Waals surface area contributed by atoms with E-state index in [1.54, 1.807) is 42.2 Å². The Labute approximate surface area is 200 Å². The lowest BCUT2D eigenvalue weighted by Gasteiger charge is -2.33. The summed E-state index contributed by atoms with van der Waals surface area (Å²) in [7, 11) is 0. The van der Waals surface area contributed by atoms with Crippen LogP contribution >= 0.6 is 0 Å². The molecule has 1 amide bonds. The monoisotopic (exact) mass is 467 g/mol. The molecule has 7 nitrogen and oxygen atoms in total. The molecule has 1 saturated carbocycles. The molecule has 1 aliphatic heterocycles. The number of ether oxygens (including phenoxy) is 2. The van der Waals surface area contributed by atoms with Gasteiger partial charge in [-0.15, -0.1) is 0 Å². The lowest BCUT2D eigenvalue weighted by molar-refractivity contribution is -0.124. The highest BCUT2D eigenvalue weighted by Crippen LogP contribution is 2.38. The summed E-state index contributed by atoms with van der Waals surface area (Å²) in [6, 6.07) is 8.44. The number of nitrogens with zero attached hydrogens (tertiary/aromatic N) is 1. The second-order valence-electron chi connectivity index (χ2n) is 9.37. The first-order chi connectivity index (χ1) is 16.4. The molecule has 2 fully saturated rings. The second-order valence-corrected chi connectivity index (χ2v) is 9.37. The maximum atomic E-state index is 13.8. The van der Waals surface area contributed by atoms with Crippen molar-refractivity contribution in [3.05, 3.63) is 41.5 Å². The van der Waals surface area contributed by atoms with Gasteiger partial charge < -0.3 is 13.9 Å². The van der Waals surface area contributed by atoms with Gasteiger partial charge in [0.2, 0.25) is 11.8 Å². The molecular formula is C27H33NO6. The van der Waals surface area contributed by atoms with E-state index < -0.39 is 5.97 Å². The molecule has 34 heavy (non-hydrogen) atoms. The Hall–Kier alpha value is -2.93. The van der Waals surface area contributed by atoms with Crippen molar-refractivity contribution in [2.75, 3.05) is 24.7 Å². The van der Waals surface area contributed by atoms with Crippen LogP contribution < -0.4 is 4.90 Å². The number of hydrogen-bond acceptors (Lipinski definition) is 6. The van der Waals surface area contributed by atoms with Gasteiger partial charge in [0.1, 0.15) is 11.3 Å². The number of esters is 1. The van der Waals surface area contributed by atoms with E-state index in [0.717, 1.165) is 25.7 Å². The van der Waals surface area contributed by atoms with E-state index in [-0.39, 0.29) is 41.7 Å². The molecule has 0 bridgehead atoms. The summed E-state index contributed by atoms with van der Waals surface area (Å²) in [6.45, 7) is 6.66. The van der Waals surface area contributed by atoms with Crippen molar-refractivity contribution in [1.29, 1.82) is 0 Å². The number of rotatable bonds is 7. The Balaban J connectivity index is 1.74. The molecule has 1 aromatic carbocycles. The lowest BCUT2D eigenvalue weighted by atomic mass is 9.82. The van der Waals surface area contributed by atoms with E-state index in [2.05, 4.69) is 6.92 Å². The molecule has 1 atom stereocenters. The molecule has 0 radical (unpaired) electrons. The van der Waals surface area contributed by atoms with Crippen LogP contribution in [0.2, 0.25) is 0 Å². The number of hydrogen-bond donors (Lipinski definition) is 0. The third-order valence-corrected chi connectivity index (χ3v) is 6.88. The third kappa shape index (κ3) is 5.09. The number of amides is 1. The third-order valence-electron chi connectivity index (χ3n) is 6.88. The van der Waals surface area contributed by atoms with E-state index in [4.69, 9.17) is 13.9 Å². The van der Waals surface area contributed by atoms with Gasteiger partial charge in [-0.2, -0.15) is 0 Å². The quantitative estimate of drug-likeness (QED) is 0.407. The van der Waals surface area contributed by atoms with Crippen LogP contribution in [-0.2, 0) is 14.3 Å². The fourth-order valence-corrected chi connectivity index (χ4v) is 4.80. The van der Waals surface area contributed by atoms with Gasteiger partial charge in [-0.25, -0.2) is 4.79 Å². The fourth-order valence-electron chi connectivity index (χ4n) is 4.80. The highest BCUT2D eigenvalue weighted by Gasteiger charge is 2.39. The van der Waals surface area contributed by atoms with Crippen molar-refractivity contribution in [2.24, 2.45) is 11.8 Å². The van der Waals surface area contributed by atoms with Gasteiger partial charge >= 0.3 is 5.97 Å². The Bertz CT molecular complexity index is 1030. The maximum absolute atomic E-state index is 13.8. The number of ketones is 1. The van der Waals surface area contributed by atoms with E-state index >= 15 is 0 Å². The molecule has 1 unspecified atom stereocenters. The standard InChI is InChI=1S/C27H33NO6/c1-4-33-27(31)23-15-24(20-11-9-19(10-12-20)18(3)29)34-26(23)28(22-13-14-32-16-22)25(30)21-7-5-17(2)6-8-21/h9-12,15,17,21-22H,4-8,13-14,16H2,1-3H3. The number of anilines is 1. The van der Waals surface area contributed by atoms with E-state index in [0.29, 0.717) is 42.4 Å². The summed E-state index contributed by atoms with van der Waals surface area (Å²) in [5.41, 5.74) is 1.54. The SMILES string of the molecule is CCOC(=O)c1cc(-c2ccc(C(C)=O)cc2)oc1N(C(=O)C1CCC(C)CC1)C1CCOC1. The van der Waals surface area contributed by atoms with Crippen molar-refractivity contribution < 1.29 is 28.3 Å². The summed E-state index contributed by atoms with van der Waals surface area (Å²) in [4.78, 5) is 40.0. The van der Waals surface area contributed by atoms with Gasteiger partial charge in [0, 0.05) is 29.7 Å². The van der Waals surface area contributed by atoms with Crippen molar-refractivity contribution >= 4 is 23.5 Å². The zero-order chi connectivity index (χ0) is 24.2. The van der Waals surface area contributed by atoms with Gasteiger partial charge in [-0.1, -0.05) is 31.2 Å². The molecule has 1 saturated heterocycles. The maximum Gasteiger partial charge on any atom is 0.343 e. The first-order valence-corrected chi connectivity index (χ1v) is 12.2. The Morgan fingerprint density at radius 3 is 2.35 bits per heavy atom. The second kappa shape index (κ2) is 10.6. The van der Waals surface area contributed by atoms with Gasteiger partial charge in [-0.3, -0.25) is 14.5 Å². The summed E-state index contributed by atoms with van der Waals surface area (Å²) < 4.78 is 17.2. The molecule has 1 aliphatic carbocycles. The van der Waals surface area contributed by atoms with E-state index in [9.17, 15) is 14.4 Å². The molecule has 182 valence electrons. The largest absolute Gasteiger partial charge is 0.462 e. The van der Waals surface area contributed by atoms with Crippen molar-refractivity contribution in [2.45, 2.75) is 58.9 Å². The molecule has 0 N–H and O–H groups in total. The van der Waals surface area contributed by atoms with Crippen LogP contribution in [0.4, 0.5) is 5.88 Å². The van der Waals surface area contributed by atoms with E-state index in [1.807, 2.05) is 0 Å². The van der Waals surface area contributed by atoms with Gasteiger partial charge in [0.05, 0.1) is 19.3 Å². The van der Waals surface area contributed by atoms with Gasteiger partial charge in [0.15, 0.2) is 5.78 Å². The molecule has 4 rings (SSSR count). The molecule has 2 aromatic rings. The number of carbonyl (C=O) groups excluding carboxylic acids is 3. The minimum atomic E-state index is -0.526. The lowest BCUT2D eigenvalue weighted by Crippen LogP contribution is -2.45. The van der Waals surface area contributed by atoms with Crippen LogP contribution in [0.5, 0.6) is 0 Å². The number of benzene rings is 1. The van der Waals surface area contributed by atoms with Crippen LogP contribution in [0.15, 0.2) is 34.7 Å². The summed E-state index contributed by atoms with van der Waals surface area (Å²) in [6.07, 6.45) is 4.38. The van der Waals surface area contributed by atoms with Crippen molar-refractivity contribution in [3.63, 3.8) is 0 Å². The normalized spacial score (nSPS) is 22.4. The summed E-state index contributed by atoms with van der Waals surface area (Å²) in [5.74, 6) is 0.623. The summed E-state index contributed by atoms with van der Waals surface area (Å²) in [5, 5.41) is 0. The average Bonchev–Trinajstić information content (AvgIpc) is 3.51. The molecule has 2 aliphatic rings. The Kier molecular flexibility index (Phi) is 7.51. The van der Waals surface area contributed by atoms with Crippen LogP contribution in [0.1, 0.15) is 73.6 Å². The van der Waals surface area contributed by atoms with Crippen LogP contribution in [0.25, 0.3) is 11.3 Å². The predicted octanol–water partition coefficient (Wildman–Crippen LogP) is 5.27. The smallest absolute Gasteiger partial charge is 0.343 e. The zero-order valence-corrected chi connectivity index (χ0v) is 20.2. The number of carbonyl (C=O) groups is 3.